The quantitative estimate of drug-likeness (QED) is 0.365. The Kier molecular flexibility index (Phi) is 7.30. The van der Waals surface area contributed by atoms with Gasteiger partial charge >= 0.3 is 0 Å². The summed E-state index contributed by atoms with van der Waals surface area (Å²) in [6.45, 7) is 2.70. The number of thioether (sulfide) groups is 1. The van der Waals surface area contributed by atoms with Crippen LogP contribution >= 0.6 is 35.6 Å². The molecule has 3 rings (SSSR count). The summed E-state index contributed by atoms with van der Waals surface area (Å²) in [4.78, 5) is 25.7. The van der Waals surface area contributed by atoms with Crippen molar-refractivity contribution in [1.82, 2.24) is 10.4 Å². The average molecular weight is 447 g/mol. The summed E-state index contributed by atoms with van der Waals surface area (Å²) in [5.41, 5.74) is 3.58. The van der Waals surface area contributed by atoms with Crippen LogP contribution in [0, 0.1) is 0 Å². The molecule has 1 fully saturated rings. The second-order valence-electron chi connectivity index (χ2n) is 6.18. The molecule has 1 saturated heterocycles. The molecule has 0 radical (unpaired) electrons. The maximum Gasteiger partial charge on any atom is 0.285 e. The molecule has 2 aromatic rings. The van der Waals surface area contributed by atoms with Gasteiger partial charge in [-0.15, -0.1) is 0 Å². The van der Waals surface area contributed by atoms with Crippen molar-refractivity contribution in [2.75, 3.05) is 6.61 Å². The Bertz CT molecular complexity index is 978. The largest absolute Gasteiger partial charge is 0.493 e. The summed E-state index contributed by atoms with van der Waals surface area (Å²) >= 11 is 12.5. The van der Waals surface area contributed by atoms with Gasteiger partial charge in [0.2, 0.25) is 0 Å². The monoisotopic (exact) mass is 446 g/mol. The molecule has 29 heavy (non-hydrogen) atoms. The highest BCUT2D eigenvalue weighted by molar-refractivity contribution is 8.26. The zero-order chi connectivity index (χ0) is 20.8. The lowest BCUT2D eigenvalue weighted by atomic mass is 10.2. The van der Waals surface area contributed by atoms with Crippen LogP contribution in [-0.4, -0.2) is 27.8 Å². The van der Waals surface area contributed by atoms with E-state index >= 15 is 0 Å². The van der Waals surface area contributed by atoms with Crippen molar-refractivity contribution in [2.45, 2.75) is 19.8 Å². The molecule has 1 heterocycles. The van der Waals surface area contributed by atoms with E-state index in [0.29, 0.717) is 22.3 Å². The Morgan fingerprint density at radius 1 is 1.24 bits per heavy atom. The number of hydrogen-bond donors (Lipinski definition) is 1. The zero-order valence-electron chi connectivity index (χ0n) is 15.7. The molecule has 0 atom stereocenters. The lowest BCUT2D eigenvalue weighted by Crippen LogP contribution is -2.44. The van der Waals surface area contributed by atoms with Crippen molar-refractivity contribution in [3.8, 4) is 5.75 Å². The van der Waals surface area contributed by atoms with Crippen LogP contribution in [0.1, 0.15) is 35.7 Å². The van der Waals surface area contributed by atoms with Gasteiger partial charge < -0.3 is 4.74 Å². The van der Waals surface area contributed by atoms with Gasteiger partial charge in [-0.25, -0.2) is 0 Å². The van der Waals surface area contributed by atoms with Gasteiger partial charge in [0.1, 0.15) is 5.75 Å². The average Bonchev–Trinajstić information content (AvgIpc) is 2.97. The topological polar surface area (TPSA) is 58.6 Å². The molecule has 2 aromatic carbocycles. The predicted molar refractivity (Wildman–Crippen MR) is 121 cm³/mol. The van der Waals surface area contributed by atoms with Crippen molar-refractivity contribution < 1.29 is 14.3 Å². The number of nitrogens with one attached hydrogen (secondary N) is 1. The van der Waals surface area contributed by atoms with Gasteiger partial charge in [0.05, 0.1) is 22.1 Å². The van der Waals surface area contributed by atoms with Crippen molar-refractivity contribution in [2.24, 2.45) is 0 Å². The second kappa shape index (κ2) is 9.91. The lowest BCUT2D eigenvalue weighted by molar-refractivity contribution is -0.123. The first kappa shape index (κ1) is 21.4. The summed E-state index contributed by atoms with van der Waals surface area (Å²) < 4.78 is 6.06. The number of carbonyl (C=O) groups excluding carboxylic acids is 2. The molecule has 0 unspecified atom stereocenters. The van der Waals surface area contributed by atoms with Crippen molar-refractivity contribution in [1.29, 1.82) is 0 Å². The third kappa shape index (κ3) is 5.18. The van der Waals surface area contributed by atoms with Crippen LogP contribution in [0.4, 0.5) is 0 Å². The van der Waals surface area contributed by atoms with Crippen LogP contribution in [0.3, 0.4) is 0 Å². The minimum absolute atomic E-state index is 0.242. The number of ether oxygens (including phenoxy) is 1. The first-order valence-electron chi connectivity index (χ1n) is 9.06. The van der Waals surface area contributed by atoms with Gasteiger partial charge in [-0.05, 0) is 42.9 Å². The molecule has 1 aliphatic heterocycles. The number of nitrogens with zero attached hydrogens (tertiary/aromatic N) is 1. The Labute approximate surface area is 184 Å². The summed E-state index contributed by atoms with van der Waals surface area (Å²) in [7, 11) is 0. The predicted octanol–water partition coefficient (Wildman–Crippen LogP) is 5.07. The molecular weight excluding hydrogens is 428 g/mol. The molecule has 5 nitrogen and oxygen atoms in total. The molecule has 0 aliphatic carbocycles. The number of thiocarbonyl (C=S) groups is 1. The van der Waals surface area contributed by atoms with E-state index in [1.807, 2.05) is 24.3 Å². The molecule has 1 N–H and O–H groups in total. The van der Waals surface area contributed by atoms with E-state index in [9.17, 15) is 9.59 Å². The highest BCUT2D eigenvalue weighted by Crippen LogP contribution is 2.33. The van der Waals surface area contributed by atoms with E-state index in [-0.39, 0.29) is 9.88 Å². The molecule has 0 spiro atoms. The normalized spacial score (nSPS) is 15.1. The van der Waals surface area contributed by atoms with Crippen LogP contribution < -0.4 is 10.2 Å². The van der Waals surface area contributed by atoms with E-state index in [0.717, 1.165) is 35.2 Å². The van der Waals surface area contributed by atoms with Gasteiger partial charge in [0, 0.05) is 5.56 Å². The minimum atomic E-state index is -0.503. The third-order valence-electron chi connectivity index (χ3n) is 4.09. The van der Waals surface area contributed by atoms with Crippen LogP contribution in [0.25, 0.3) is 6.08 Å². The number of amides is 2. The maximum absolute atomic E-state index is 12.8. The lowest BCUT2D eigenvalue weighted by Gasteiger charge is -2.16. The first-order chi connectivity index (χ1) is 14.0. The van der Waals surface area contributed by atoms with Gasteiger partial charge in [0.25, 0.3) is 11.8 Å². The smallest absolute Gasteiger partial charge is 0.285 e. The second-order valence-corrected chi connectivity index (χ2v) is 8.26. The molecule has 0 saturated carbocycles. The molecule has 8 heteroatoms. The number of halogens is 1. The Morgan fingerprint density at radius 2 is 1.97 bits per heavy atom. The number of benzene rings is 2. The van der Waals surface area contributed by atoms with Crippen LogP contribution in [-0.2, 0) is 4.79 Å². The number of hydrogen-bond acceptors (Lipinski definition) is 5. The Balaban J connectivity index is 1.77. The van der Waals surface area contributed by atoms with Crippen LogP contribution in [0.5, 0.6) is 5.75 Å². The van der Waals surface area contributed by atoms with Gasteiger partial charge in [-0.1, -0.05) is 67.0 Å². The Hall–Kier alpha value is -2.35. The summed E-state index contributed by atoms with van der Waals surface area (Å²) in [6, 6.07) is 14.1. The van der Waals surface area contributed by atoms with E-state index in [1.54, 1.807) is 30.3 Å². The number of unbranched alkanes of at least 4 members (excludes halogenated alkanes) is 1. The standard InChI is InChI=1S/C21H19ClN2O3S2/c1-2-3-12-27-17-11-7-4-8-14(17)13-18-20(26)24(21(28)29-18)23-19(25)15-9-5-6-10-16(15)22/h4-11,13H,2-3,12H2,1H3,(H,23,25)/b18-13+. The molecule has 1 aliphatic rings. The SMILES string of the molecule is CCCCOc1ccccc1/C=C1/SC(=S)N(NC(=O)c2ccccc2Cl)C1=O. The fraction of sp³-hybridized carbons (Fsp3) is 0.190. The molecule has 150 valence electrons. The van der Waals surface area contributed by atoms with Crippen LogP contribution in [0.2, 0.25) is 5.02 Å². The van der Waals surface area contributed by atoms with Crippen LogP contribution in [0.15, 0.2) is 53.4 Å². The first-order valence-corrected chi connectivity index (χ1v) is 10.7. The van der Waals surface area contributed by atoms with Crippen molar-refractivity contribution >= 4 is 57.8 Å². The van der Waals surface area contributed by atoms with E-state index in [1.165, 1.54) is 0 Å². The van der Waals surface area contributed by atoms with Crippen molar-refractivity contribution in [3.63, 3.8) is 0 Å². The van der Waals surface area contributed by atoms with Gasteiger partial charge in [-0.3, -0.25) is 15.0 Å². The van der Waals surface area contributed by atoms with E-state index < -0.39 is 11.8 Å². The van der Waals surface area contributed by atoms with E-state index in [2.05, 4.69) is 12.3 Å². The highest BCUT2D eigenvalue weighted by Gasteiger charge is 2.34. The van der Waals surface area contributed by atoms with E-state index in [4.69, 9.17) is 28.6 Å². The minimum Gasteiger partial charge on any atom is -0.493 e. The molecule has 0 bridgehead atoms. The van der Waals surface area contributed by atoms with Gasteiger partial charge in [-0.2, -0.15) is 5.01 Å². The molecular formula is C21H19ClN2O3S2. The Morgan fingerprint density at radius 3 is 2.72 bits per heavy atom. The van der Waals surface area contributed by atoms with Crippen molar-refractivity contribution in [3.05, 3.63) is 69.6 Å². The number of rotatable bonds is 7. The summed E-state index contributed by atoms with van der Waals surface area (Å²) in [6.07, 6.45) is 3.71. The maximum atomic E-state index is 12.8. The number of hydrazine groups is 1. The number of carbonyl (C=O) groups is 2. The fourth-order valence-corrected chi connectivity index (χ4v) is 3.96. The summed E-state index contributed by atoms with van der Waals surface area (Å²) in [5, 5.41) is 1.36. The third-order valence-corrected chi connectivity index (χ3v) is 5.72. The molecule has 0 aromatic heterocycles. The molecule has 2 amide bonds. The highest BCUT2D eigenvalue weighted by atomic mass is 35.5. The van der Waals surface area contributed by atoms with Gasteiger partial charge in [0.15, 0.2) is 4.32 Å². The fourth-order valence-electron chi connectivity index (χ4n) is 2.57. The zero-order valence-corrected chi connectivity index (χ0v) is 18.1. The number of para-hydroxylation sites is 1. The summed E-state index contributed by atoms with van der Waals surface area (Å²) in [5.74, 6) is -0.202.